The molecule has 1 fully saturated rings. The molecule has 2 aliphatic rings. The molecule has 1 saturated carbocycles. The predicted molar refractivity (Wildman–Crippen MR) is 99.4 cm³/mol. The zero-order valence-electron chi connectivity index (χ0n) is 15.3. The lowest BCUT2D eigenvalue weighted by Gasteiger charge is -2.47. The number of benzene rings is 1. The van der Waals surface area contributed by atoms with Gasteiger partial charge in [-0.2, -0.15) is 0 Å². The molecule has 0 aromatic heterocycles. The molecule has 0 saturated heterocycles. The number of carboxylic acids is 1. The number of nitrogens with zero attached hydrogens (tertiary/aromatic N) is 1. The van der Waals surface area contributed by atoms with Gasteiger partial charge in [-0.1, -0.05) is 18.5 Å². The number of carboxylic acid groups (broad SMARTS) is 1. The molecule has 0 bridgehead atoms. The Morgan fingerprint density at radius 1 is 1.38 bits per heavy atom. The minimum absolute atomic E-state index is 0.114. The third kappa shape index (κ3) is 3.09. The molecule has 1 atom stereocenters. The van der Waals surface area contributed by atoms with E-state index >= 15 is 0 Å². The summed E-state index contributed by atoms with van der Waals surface area (Å²) in [5, 5.41) is 19.6. The van der Waals surface area contributed by atoms with Crippen LogP contribution in [0.15, 0.2) is 12.1 Å². The van der Waals surface area contributed by atoms with Crippen LogP contribution in [0.2, 0.25) is 5.02 Å². The van der Waals surface area contributed by atoms with Gasteiger partial charge in [0.1, 0.15) is 11.3 Å². The van der Waals surface area contributed by atoms with Crippen molar-refractivity contribution in [2.45, 2.75) is 50.2 Å². The van der Waals surface area contributed by atoms with Crippen LogP contribution in [0.25, 0.3) is 0 Å². The van der Waals surface area contributed by atoms with Gasteiger partial charge < -0.3 is 20.7 Å². The van der Waals surface area contributed by atoms with Gasteiger partial charge in [0.05, 0.1) is 12.1 Å². The fraction of sp³-hybridized carbons (Fsp3) is 0.632. The molecule has 1 spiro atoms. The molecule has 0 amide bonds. The molecule has 0 unspecified atom stereocenters. The van der Waals surface area contributed by atoms with Crippen molar-refractivity contribution in [3.63, 3.8) is 0 Å². The van der Waals surface area contributed by atoms with Crippen molar-refractivity contribution in [1.82, 2.24) is 4.90 Å². The first-order valence-electron chi connectivity index (χ1n) is 9.01. The summed E-state index contributed by atoms with van der Waals surface area (Å²) >= 11 is 6.32. The number of hydrogen-bond donors (Lipinski definition) is 3. The Balaban J connectivity index is 2.00. The summed E-state index contributed by atoms with van der Waals surface area (Å²) in [6, 6.07) is 3.94. The van der Waals surface area contributed by atoms with Crippen molar-refractivity contribution in [2.75, 3.05) is 20.3 Å². The van der Waals surface area contributed by atoms with Gasteiger partial charge in [0.25, 0.3) is 0 Å². The second-order valence-corrected chi connectivity index (χ2v) is 8.21. The molecule has 3 rings (SSSR count). The summed E-state index contributed by atoms with van der Waals surface area (Å²) in [7, 11) is 1.59. The molecule has 1 aromatic carbocycles. The number of methoxy groups -OCH3 is 1. The second kappa shape index (κ2) is 7.00. The third-order valence-corrected chi connectivity index (χ3v) is 6.38. The quantitative estimate of drug-likeness (QED) is 0.723. The molecule has 1 aromatic rings. The van der Waals surface area contributed by atoms with Gasteiger partial charge in [0, 0.05) is 25.2 Å². The average molecular weight is 383 g/mol. The van der Waals surface area contributed by atoms with E-state index in [9.17, 15) is 15.0 Å². The largest absolute Gasteiger partial charge is 0.495 e. The van der Waals surface area contributed by atoms with Crippen LogP contribution in [0.5, 0.6) is 5.75 Å². The molecule has 6 nitrogen and oxygen atoms in total. The van der Waals surface area contributed by atoms with Gasteiger partial charge in [-0.25, -0.2) is 0 Å². The van der Waals surface area contributed by atoms with Gasteiger partial charge in [0.2, 0.25) is 0 Å². The lowest BCUT2D eigenvalue weighted by Crippen LogP contribution is -2.56. The monoisotopic (exact) mass is 382 g/mol. The Morgan fingerprint density at radius 3 is 2.58 bits per heavy atom. The molecule has 7 heteroatoms. The summed E-state index contributed by atoms with van der Waals surface area (Å²) in [5.41, 5.74) is 6.96. The SMILES string of the molecule is COc1cc2c(cc1Cl)CN(C[C@@H](C)CO)C21CCC(N)(C(=O)O)CC1. The number of rotatable bonds is 5. The van der Waals surface area contributed by atoms with E-state index in [-0.39, 0.29) is 18.1 Å². The van der Waals surface area contributed by atoms with Crippen LogP contribution in [0, 0.1) is 5.92 Å². The second-order valence-electron chi connectivity index (χ2n) is 7.81. The number of aliphatic hydroxyl groups is 1. The van der Waals surface area contributed by atoms with Crippen LogP contribution in [0.3, 0.4) is 0 Å². The summed E-state index contributed by atoms with van der Waals surface area (Å²) in [5.74, 6) is -0.179. The van der Waals surface area contributed by atoms with Crippen molar-refractivity contribution in [3.8, 4) is 5.75 Å². The lowest BCUT2D eigenvalue weighted by atomic mass is 9.69. The van der Waals surface area contributed by atoms with E-state index in [1.165, 1.54) is 0 Å². The first-order valence-corrected chi connectivity index (χ1v) is 9.38. The Hall–Kier alpha value is -1.34. The van der Waals surface area contributed by atoms with Gasteiger partial charge in [-0.15, -0.1) is 0 Å². The number of fused-ring (bicyclic) bond motifs is 2. The van der Waals surface area contributed by atoms with Gasteiger partial charge >= 0.3 is 5.97 Å². The number of aliphatic hydroxyl groups excluding tert-OH is 1. The highest BCUT2D eigenvalue weighted by atomic mass is 35.5. The maximum atomic E-state index is 11.6. The Kier molecular flexibility index (Phi) is 5.23. The predicted octanol–water partition coefficient (Wildman–Crippen LogP) is 2.34. The topological polar surface area (TPSA) is 96.0 Å². The summed E-state index contributed by atoms with van der Waals surface area (Å²) in [6.07, 6.45) is 2.14. The van der Waals surface area contributed by atoms with Crippen LogP contribution >= 0.6 is 11.6 Å². The Morgan fingerprint density at radius 2 is 2.04 bits per heavy atom. The number of halogens is 1. The average Bonchev–Trinajstić information content (AvgIpc) is 2.89. The zero-order valence-corrected chi connectivity index (χ0v) is 16.1. The number of aliphatic carboxylic acids is 1. The van der Waals surface area contributed by atoms with Gasteiger partial charge in [0.15, 0.2) is 0 Å². The first kappa shape index (κ1) is 19.4. The highest BCUT2D eigenvalue weighted by Gasteiger charge is 2.52. The highest BCUT2D eigenvalue weighted by molar-refractivity contribution is 6.32. The van der Waals surface area contributed by atoms with E-state index in [0.29, 0.717) is 36.5 Å². The van der Waals surface area contributed by atoms with Gasteiger partial charge in [-0.05, 0) is 54.9 Å². The molecule has 0 radical (unpaired) electrons. The van der Waals surface area contributed by atoms with Crippen molar-refractivity contribution in [1.29, 1.82) is 0 Å². The first-order chi connectivity index (χ1) is 12.3. The lowest BCUT2D eigenvalue weighted by molar-refractivity contribution is -0.146. The number of hydrogen-bond acceptors (Lipinski definition) is 5. The fourth-order valence-electron chi connectivity index (χ4n) is 4.42. The van der Waals surface area contributed by atoms with E-state index in [0.717, 1.165) is 24.2 Å². The van der Waals surface area contributed by atoms with E-state index < -0.39 is 11.5 Å². The standard InChI is InChI=1S/C19H27ClN2O4/c1-12(11-23)9-22-10-13-7-15(20)16(26-2)8-14(13)19(22)5-3-18(21,4-6-19)17(24)25/h7-8,12,23H,3-6,9-11,21H2,1-2H3,(H,24,25)/t12-,18?,19?/m1/s1. The normalized spacial score (nSPS) is 29.6. The molecule has 1 aliphatic carbocycles. The van der Waals surface area contributed by atoms with Crippen molar-refractivity contribution in [3.05, 3.63) is 28.3 Å². The minimum Gasteiger partial charge on any atom is -0.495 e. The van der Waals surface area contributed by atoms with Crippen molar-refractivity contribution >= 4 is 17.6 Å². The van der Waals surface area contributed by atoms with Crippen LogP contribution in [-0.2, 0) is 16.9 Å². The molecular formula is C19H27ClN2O4. The van der Waals surface area contributed by atoms with Gasteiger partial charge in [-0.3, -0.25) is 9.69 Å². The van der Waals surface area contributed by atoms with Crippen LogP contribution in [0.1, 0.15) is 43.7 Å². The fourth-order valence-corrected chi connectivity index (χ4v) is 4.69. The number of ether oxygens (including phenoxy) is 1. The van der Waals surface area contributed by atoms with Crippen LogP contribution in [-0.4, -0.2) is 46.9 Å². The van der Waals surface area contributed by atoms with Crippen molar-refractivity contribution < 1.29 is 19.7 Å². The number of carbonyl (C=O) groups is 1. The molecule has 1 heterocycles. The Bertz CT molecular complexity index is 701. The molecular weight excluding hydrogens is 356 g/mol. The van der Waals surface area contributed by atoms with E-state index in [4.69, 9.17) is 22.1 Å². The van der Waals surface area contributed by atoms with E-state index in [2.05, 4.69) is 4.90 Å². The van der Waals surface area contributed by atoms with Crippen LogP contribution in [0.4, 0.5) is 0 Å². The van der Waals surface area contributed by atoms with E-state index in [1.807, 2.05) is 19.1 Å². The molecule has 144 valence electrons. The summed E-state index contributed by atoms with van der Waals surface area (Å²) in [4.78, 5) is 13.9. The Labute approximate surface area is 158 Å². The summed E-state index contributed by atoms with van der Waals surface area (Å²) in [6.45, 7) is 3.59. The zero-order chi connectivity index (χ0) is 19.1. The number of nitrogens with two attached hydrogens (primary N) is 1. The van der Waals surface area contributed by atoms with E-state index in [1.54, 1.807) is 7.11 Å². The maximum absolute atomic E-state index is 11.6. The smallest absolute Gasteiger partial charge is 0.323 e. The maximum Gasteiger partial charge on any atom is 0.323 e. The highest BCUT2D eigenvalue weighted by Crippen LogP contribution is 2.52. The molecule has 4 N–H and O–H groups in total. The summed E-state index contributed by atoms with van der Waals surface area (Å²) < 4.78 is 5.41. The van der Waals surface area contributed by atoms with Crippen LogP contribution < -0.4 is 10.5 Å². The third-order valence-electron chi connectivity index (χ3n) is 6.08. The molecule has 1 aliphatic heterocycles. The minimum atomic E-state index is -1.17. The van der Waals surface area contributed by atoms with Crippen molar-refractivity contribution in [2.24, 2.45) is 11.7 Å². The molecule has 26 heavy (non-hydrogen) atoms.